The third-order valence-electron chi connectivity index (χ3n) is 5.65. The summed E-state index contributed by atoms with van der Waals surface area (Å²) < 4.78 is 18.2. The van der Waals surface area contributed by atoms with Crippen LogP contribution in [0.1, 0.15) is 71.0 Å². The summed E-state index contributed by atoms with van der Waals surface area (Å²) in [4.78, 5) is 27.5. The van der Waals surface area contributed by atoms with Crippen molar-refractivity contribution in [2.75, 3.05) is 27.7 Å². The summed E-state index contributed by atoms with van der Waals surface area (Å²) >= 11 is 0. The average Bonchev–Trinajstić information content (AvgIpc) is 3.11. The van der Waals surface area contributed by atoms with E-state index in [9.17, 15) is 9.59 Å². The summed E-state index contributed by atoms with van der Waals surface area (Å²) in [6.45, 7) is 15.9. The number of aromatic nitrogens is 2. The van der Waals surface area contributed by atoms with E-state index in [2.05, 4.69) is 5.32 Å². The van der Waals surface area contributed by atoms with E-state index in [-0.39, 0.29) is 12.6 Å². The summed E-state index contributed by atoms with van der Waals surface area (Å²) in [5, 5.41) is 7.81. The number of ether oxygens (including phenoxy) is 3. The lowest BCUT2D eigenvalue weighted by molar-refractivity contribution is -0.140. The largest absolute Gasteiger partial charge is 0.497 e. The molecule has 2 rings (SSSR count). The molecule has 210 valence electrons. The van der Waals surface area contributed by atoms with E-state index < -0.39 is 23.1 Å². The highest BCUT2D eigenvalue weighted by Gasteiger charge is 2.34. The summed E-state index contributed by atoms with van der Waals surface area (Å²) in [7, 11) is 5.32. The predicted molar refractivity (Wildman–Crippen MR) is 149 cm³/mol. The van der Waals surface area contributed by atoms with Crippen molar-refractivity contribution in [2.45, 2.75) is 79.1 Å². The maximum Gasteiger partial charge on any atom is 0.407 e. The number of hydrogen-bond donors (Lipinski definition) is 1. The van der Waals surface area contributed by atoms with Crippen molar-refractivity contribution in [3.63, 3.8) is 0 Å². The minimum Gasteiger partial charge on any atom is -0.497 e. The van der Waals surface area contributed by atoms with Gasteiger partial charge in [-0.2, -0.15) is 5.10 Å². The molecule has 0 atom stereocenters. The van der Waals surface area contributed by atoms with E-state index in [0.717, 1.165) is 22.6 Å². The molecule has 1 heterocycles. The van der Waals surface area contributed by atoms with Gasteiger partial charge < -0.3 is 24.4 Å². The molecule has 1 N–H and O–H groups in total. The highest BCUT2D eigenvalue weighted by molar-refractivity contribution is 6.16. The molecule has 0 bridgehead atoms. The first-order valence-electron chi connectivity index (χ1n) is 12.8. The molecule has 0 aliphatic heterocycles. The van der Waals surface area contributed by atoms with Crippen molar-refractivity contribution in [3.8, 4) is 5.75 Å². The molecule has 0 spiro atoms. The van der Waals surface area contributed by atoms with Crippen molar-refractivity contribution in [1.29, 1.82) is 0 Å². The molecule has 0 radical (unpaired) electrons. The van der Waals surface area contributed by atoms with Gasteiger partial charge in [0.1, 0.15) is 22.6 Å². The Bertz CT molecular complexity index is 1140. The van der Waals surface area contributed by atoms with E-state index in [0.29, 0.717) is 17.8 Å². The average molecular weight is 529 g/mol. The summed E-state index contributed by atoms with van der Waals surface area (Å²) in [5.74, 6) is 0.314. The van der Waals surface area contributed by atoms with Crippen molar-refractivity contribution in [2.24, 2.45) is 0 Å². The molecule has 0 aliphatic rings. The van der Waals surface area contributed by atoms with E-state index in [4.69, 9.17) is 19.3 Å². The van der Waals surface area contributed by atoms with Crippen molar-refractivity contribution < 1.29 is 23.8 Å². The van der Waals surface area contributed by atoms with Gasteiger partial charge in [-0.1, -0.05) is 26.0 Å². The Kier molecular flexibility index (Phi) is 10.0. The van der Waals surface area contributed by atoms with Crippen LogP contribution in [0, 0.1) is 6.92 Å². The number of nitrogens with zero attached hydrogens (tertiary/aromatic N) is 3. The molecule has 9 nitrogen and oxygen atoms in total. The SMILES string of the molecule is COc1ccc(Cn2nc(/C(=C/N(C)C)C(=O)OC(C)C)c(C(C)(C)CNC(=O)OC(C)(C)C)c2C)cc1. The lowest BCUT2D eigenvalue weighted by Gasteiger charge is -2.28. The molecular formula is C29H44N4O5. The number of rotatable bonds is 10. The van der Waals surface area contributed by atoms with E-state index >= 15 is 0 Å². The number of alkyl carbamates (subject to hydrolysis) is 1. The summed E-state index contributed by atoms with van der Waals surface area (Å²) in [6, 6.07) is 7.78. The quantitative estimate of drug-likeness (QED) is 0.346. The molecule has 1 aromatic carbocycles. The predicted octanol–water partition coefficient (Wildman–Crippen LogP) is 4.90. The van der Waals surface area contributed by atoms with Crippen LogP contribution in [0.4, 0.5) is 4.79 Å². The lowest BCUT2D eigenvalue weighted by Crippen LogP contribution is -2.40. The van der Waals surface area contributed by atoms with E-state index in [1.54, 1.807) is 18.2 Å². The van der Waals surface area contributed by atoms with Gasteiger partial charge in [0, 0.05) is 43.5 Å². The number of esters is 1. The molecule has 0 fully saturated rings. The van der Waals surface area contributed by atoms with E-state index in [1.807, 2.05) is 98.4 Å². The first kappa shape index (κ1) is 30.7. The lowest BCUT2D eigenvalue weighted by atomic mass is 9.81. The Morgan fingerprint density at radius 3 is 2.21 bits per heavy atom. The molecule has 0 saturated carbocycles. The van der Waals surface area contributed by atoms with Crippen molar-refractivity contribution in [1.82, 2.24) is 20.0 Å². The zero-order valence-electron chi connectivity index (χ0n) is 24.8. The van der Waals surface area contributed by atoms with Crippen LogP contribution in [0.5, 0.6) is 5.75 Å². The van der Waals surface area contributed by atoms with Crippen LogP contribution >= 0.6 is 0 Å². The first-order valence-corrected chi connectivity index (χ1v) is 12.8. The minimum absolute atomic E-state index is 0.276. The van der Waals surface area contributed by atoms with Gasteiger partial charge in [0.15, 0.2) is 0 Å². The van der Waals surface area contributed by atoms with Gasteiger partial charge >= 0.3 is 12.1 Å². The molecular weight excluding hydrogens is 484 g/mol. The van der Waals surface area contributed by atoms with Crippen LogP contribution in [-0.2, 0) is 26.2 Å². The zero-order valence-corrected chi connectivity index (χ0v) is 24.8. The Labute approximate surface area is 227 Å². The number of methoxy groups -OCH3 is 1. The molecule has 0 aliphatic carbocycles. The molecule has 0 unspecified atom stereocenters. The van der Waals surface area contributed by atoms with E-state index in [1.165, 1.54) is 0 Å². The third kappa shape index (κ3) is 8.53. The van der Waals surface area contributed by atoms with Gasteiger partial charge in [-0.3, -0.25) is 4.68 Å². The van der Waals surface area contributed by atoms with Gasteiger partial charge in [0.05, 0.1) is 19.8 Å². The van der Waals surface area contributed by atoms with Crippen LogP contribution in [0.15, 0.2) is 30.5 Å². The molecule has 9 heteroatoms. The first-order chi connectivity index (χ1) is 17.5. The second-order valence-corrected chi connectivity index (χ2v) is 11.5. The Hall–Kier alpha value is -3.49. The van der Waals surface area contributed by atoms with Crippen molar-refractivity contribution in [3.05, 3.63) is 53.0 Å². The topological polar surface area (TPSA) is 94.9 Å². The van der Waals surface area contributed by atoms with Crippen LogP contribution in [0.2, 0.25) is 0 Å². The second kappa shape index (κ2) is 12.4. The number of carbonyl (C=O) groups is 2. The van der Waals surface area contributed by atoms with Crippen molar-refractivity contribution >= 4 is 17.6 Å². The van der Waals surface area contributed by atoms with Crippen LogP contribution in [-0.4, -0.2) is 66.2 Å². The summed E-state index contributed by atoms with van der Waals surface area (Å²) in [6.07, 6.45) is 0.935. The summed E-state index contributed by atoms with van der Waals surface area (Å²) in [5.41, 5.74) is 2.41. The zero-order chi connectivity index (χ0) is 28.8. The Morgan fingerprint density at radius 1 is 1.11 bits per heavy atom. The van der Waals surface area contributed by atoms with Gasteiger partial charge in [0.2, 0.25) is 0 Å². The number of amides is 1. The monoisotopic (exact) mass is 528 g/mol. The number of nitrogens with one attached hydrogen (secondary N) is 1. The Balaban J connectivity index is 2.60. The highest BCUT2D eigenvalue weighted by atomic mass is 16.6. The molecule has 1 aromatic heterocycles. The fourth-order valence-electron chi connectivity index (χ4n) is 4.04. The fraction of sp³-hybridized carbons (Fsp3) is 0.552. The second-order valence-electron chi connectivity index (χ2n) is 11.5. The van der Waals surface area contributed by atoms with Gasteiger partial charge in [-0.15, -0.1) is 0 Å². The smallest absolute Gasteiger partial charge is 0.407 e. The number of hydrogen-bond acceptors (Lipinski definition) is 7. The van der Waals surface area contributed by atoms with Gasteiger partial charge in [-0.25, -0.2) is 9.59 Å². The maximum absolute atomic E-state index is 13.3. The Morgan fingerprint density at radius 2 is 1.71 bits per heavy atom. The van der Waals surface area contributed by atoms with Gasteiger partial charge in [0.25, 0.3) is 0 Å². The van der Waals surface area contributed by atoms with Crippen LogP contribution in [0.25, 0.3) is 5.57 Å². The number of benzene rings is 1. The number of carbonyl (C=O) groups excluding carboxylic acids is 2. The molecule has 0 saturated heterocycles. The maximum atomic E-state index is 13.3. The molecule has 1 amide bonds. The third-order valence-corrected chi connectivity index (χ3v) is 5.65. The molecule has 38 heavy (non-hydrogen) atoms. The van der Waals surface area contributed by atoms with Crippen LogP contribution < -0.4 is 10.1 Å². The highest BCUT2D eigenvalue weighted by Crippen LogP contribution is 2.34. The normalized spacial score (nSPS) is 12.4. The minimum atomic E-state index is -0.610. The fourth-order valence-corrected chi connectivity index (χ4v) is 4.04. The van der Waals surface area contributed by atoms with Gasteiger partial charge in [-0.05, 0) is 59.2 Å². The molecule has 2 aromatic rings. The standard InChI is InChI=1S/C29H44N4O5/c1-19(2)37-26(34)23(17-32(9)10)25-24(29(7,8)18-30-27(35)38-28(4,5)6)20(3)33(31-25)16-21-12-14-22(36-11)15-13-21/h12-15,17,19H,16,18H2,1-11H3,(H,30,35)/b23-17-. The van der Waals surface area contributed by atoms with Crippen LogP contribution in [0.3, 0.4) is 0 Å².